The Labute approximate surface area is 173 Å². The summed E-state index contributed by atoms with van der Waals surface area (Å²) in [6.45, 7) is 1.86. The molecule has 0 bridgehead atoms. The normalized spacial score (nSPS) is 17.0. The van der Waals surface area contributed by atoms with Crippen LogP contribution in [0.4, 0.5) is 14.5 Å². The number of halogens is 2. The molecule has 0 saturated carbocycles. The topological polar surface area (TPSA) is 70.6 Å². The number of anilines is 1. The van der Waals surface area contributed by atoms with Crippen LogP contribution in [-0.4, -0.2) is 14.4 Å². The predicted molar refractivity (Wildman–Crippen MR) is 112 cm³/mol. The minimum Gasteiger partial charge on any atom is -0.324 e. The van der Waals surface area contributed by atoms with Crippen molar-refractivity contribution in [3.05, 3.63) is 95.1 Å². The summed E-state index contributed by atoms with van der Waals surface area (Å²) in [6.07, 6.45) is 0. The number of aliphatic imine (C=N–C) groups is 1. The van der Waals surface area contributed by atoms with E-state index in [0.29, 0.717) is 0 Å². The third kappa shape index (κ3) is 3.78. The summed E-state index contributed by atoms with van der Waals surface area (Å²) in [4.78, 5) is 4.18. The molecule has 0 saturated heterocycles. The molecule has 0 unspecified atom stereocenters. The Balaban J connectivity index is 1.79. The van der Waals surface area contributed by atoms with E-state index in [0.717, 1.165) is 11.6 Å². The van der Waals surface area contributed by atoms with Crippen LogP contribution in [0.25, 0.3) is 0 Å². The van der Waals surface area contributed by atoms with E-state index < -0.39 is 27.6 Å². The molecule has 1 atom stereocenters. The summed E-state index contributed by atoms with van der Waals surface area (Å²) in [5, 5.41) is 2.90. The third-order valence-electron chi connectivity index (χ3n) is 4.99. The fourth-order valence-corrected chi connectivity index (χ4v) is 4.64. The number of hydrogen-bond donors (Lipinski definition) is 2. The fourth-order valence-electron chi connectivity index (χ4n) is 3.48. The number of sulfonamides is 1. The summed E-state index contributed by atoms with van der Waals surface area (Å²) in [5.74, 6) is -1.86. The molecular weight excluding hydrogens is 408 g/mol. The van der Waals surface area contributed by atoms with Gasteiger partial charge in [0, 0.05) is 11.5 Å². The van der Waals surface area contributed by atoms with E-state index in [1.165, 1.54) is 12.1 Å². The quantitative estimate of drug-likeness (QED) is 0.649. The average Bonchev–Trinajstić information content (AvgIpc) is 2.72. The maximum Gasteiger partial charge on any atom is 0.266 e. The van der Waals surface area contributed by atoms with Gasteiger partial charge in [0.15, 0.2) is 0 Å². The molecule has 3 aromatic carbocycles. The van der Waals surface area contributed by atoms with E-state index in [1.807, 2.05) is 30.3 Å². The maximum atomic E-state index is 14.9. The van der Waals surface area contributed by atoms with E-state index in [-0.39, 0.29) is 34.2 Å². The van der Waals surface area contributed by atoms with E-state index in [4.69, 9.17) is 0 Å². The zero-order chi connectivity index (χ0) is 21.3. The lowest BCUT2D eigenvalue weighted by molar-refractivity contribution is 0.577. The Hall–Kier alpha value is -3.26. The first kappa shape index (κ1) is 20.0. The molecule has 1 aliphatic heterocycles. The molecule has 30 heavy (non-hydrogen) atoms. The van der Waals surface area contributed by atoms with Gasteiger partial charge in [0.25, 0.3) is 10.0 Å². The predicted octanol–water partition coefficient (Wildman–Crippen LogP) is 4.38. The highest BCUT2D eigenvalue weighted by Crippen LogP contribution is 2.38. The van der Waals surface area contributed by atoms with Crippen molar-refractivity contribution in [2.45, 2.75) is 24.3 Å². The SMILES string of the molecule is C[C@H](c1ccccc1F)c1c(F)ccc2c1NC(=NCc1ccccc1)NS2(=O)=O. The molecule has 0 spiro atoms. The number of nitrogens with one attached hydrogen (secondary N) is 2. The van der Waals surface area contributed by atoms with Crippen LogP contribution in [0, 0.1) is 11.6 Å². The second kappa shape index (κ2) is 7.87. The van der Waals surface area contributed by atoms with Crippen LogP contribution in [-0.2, 0) is 16.6 Å². The van der Waals surface area contributed by atoms with Gasteiger partial charge in [-0.15, -0.1) is 0 Å². The van der Waals surface area contributed by atoms with Crippen molar-refractivity contribution in [3.63, 3.8) is 0 Å². The third-order valence-corrected chi connectivity index (χ3v) is 6.37. The van der Waals surface area contributed by atoms with Gasteiger partial charge in [0.1, 0.15) is 16.5 Å². The second-order valence-corrected chi connectivity index (χ2v) is 8.61. The van der Waals surface area contributed by atoms with Crippen molar-refractivity contribution in [2.75, 3.05) is 5.32 Å². The van der Waals surface area contributed by atoms with Gasteiger partial charge in [-0.2, -0.15) is 0 Å². The first-order valence-corrected chi connectivity index (χ1v) is 10.8. The molecule has 0 fully saturated rings. The van der Waals surface area contributed by atoms with Gasteiger partial charge in [0.2, 0.25) is 5.96 Å². The summed E-state index contributed by atoms with van der Waals surface area (Å²) in [6, 6.07) is 17.6. The van der Waals surface area contributed by atoms with Crippen LogP contribution in [0.3, 0.4) is 0 Å². The summed E-state index contributed by atoms with van der Waals surface area (Å²) < 4.78 is 57.1. The molecule has 0 aromatic heterocycles. The summed E-state index contributed by atoms with van der Waals surface area (Å²) in [7, 11) is -3.96. The van der Waals surface area contributed by atoms with Gasteiger partial charge in [-0.3, -0.25) is 0 Å². The standard InChI is InChI=1S/C22H19F2N3O2S/c1-14(16-9-5-6-10-17(16)23)20-18(24)11-12-19-21(20)26-22(27-30(19,28)29)25-13-15-7-3-2-4-8-15/h2-12,14H,13H2,1H3,(H2,25,26,27)/t14-/m1/s1. The number of guanidine groups is 1. The molecule has 2 N–H and O–H groups in total. The smallest absolute Gasteiger partial charge is 0.266 e. The number of benzene rings is 3. The van der Waals surface area contributed by atoms with Crippen LogP contribution in [0.2, 0.25) is 0 Å². The molecular formula is C22H19F2N3O2S. The van der Waals surface area contributed by atoms with Crippen LogP contribution < -0.4 is 10.0 Å². The van der Waals surface area contributed by atoms with E-state index in [2.05, 4.69) is 15.0 Å². The molecule has 1 aliphatic rings. The van der Waals surface area contributed by atoms with Gasteiger partial charge in [-0.1, -0.05) is 55.5 Å². The lowest BCUT2D eigenvalue weighted by atomic mass is 9.91. The molecule has 0 radical (unpaired) electrons. The largest absolute Gasteiger partial charge is 0.324 e. The van der Waals surface area contributed by atoms with Crippen molar-refractivity contribution in [1.29, 1.82) is 0 Å². The van der Waals surface area contributed by atoms with E-state index in [1.54, 1.807) is 25.1 Å². The first-order chi connectivity index (χ1) is 14.4. The Morgan fingerprint density at radius 2 is 1.63 bits per heavy atom. The monoisotopic (exact) mass is 427 g/mol. The zero-order valence-electron chi connectivity index (χ0n) is 16.1. The number of hydrogen-bond acceptors (Lipinski definition) is 3. The van der Waals surface area contributed by atoms with E-state index >= 15 is 0 Å². The highest BCUT2D eigenvalue weighted by Gasteiger charge is 2.32. The lowest BCUT2D eigenvalue weighted by Crippen LogP contribution is -2.41. The van der Waals surface area contributed by atoms with Gasteiger partial charge in [-0.25, -0.2) is 26.9 Å². The molecule has 1 heterocycles. The maximum absolute atomic E-state index is 14.9. The first-order valence-electron chi connectivity index (χ1n) is 9.32. The number of rotatable bonds is 4. The molecule has 4 rings (SSSR count). The van der Waals surface area contributed by atoms with Gasteiger partial charge in [-0.05, 0) is 29.3 Å². The molecule has 3 aromatic rings. The van der Waals surface area contributed by atoms with Crippen molar-refractivity contribution >= 4 is 21.7 Å². The molecule has 5 nitrogen and oxygen atoms in total. The highest BCUT2D eigenvalue weighted by molar-refractivity contribution is 7.90. The van der Waals surface area contributed by atoms with Gasteiger partial charge in [0.05, 0.1) is 12.2 Å². The number of fused-ring (bicyclic) bond motifs is 1. The number of nitrogens with zero attached hydrogens (tertiary/aromatic N) is 1. The zero-order valence-corrected chi connectivity index (χ0v) is 16.9. The minimum absolute atomic E-state index is 0.0149. The van der Waals surface area contributed by atoms with Gasteiger partial charge >= 0.3 is 0 Å². The minimum atomic E-state index is -3.96. The van der Waals surface area contributed by atoms with Crippen molar-refractivity contribution < 1.29 is 17.2 Å². The van der Waals surface area contributed by atoms with Crippen molar-refractivity contribution in [3.8, 4) is 0 Å². The fraction of sp³-hybridized carbons (Fsp3) is 0.136. The second-order valence-electron chi connectivity index (χ2n) is 6.96. The molecule has 0 aliphatic carbocycles. The Bertz CT molecular complexity index is 1230. The molecule has 154 valence electrons. The van der Waals surface area contributed by atoms with Crippen LogP contribution in [0.5, 0.6) is 0 Å². The van der Waals surface area contributed by atoms with Crippen molar-refractivity contribution in [1.82, 2.24) is 4.72 Å². The Morgan fingerprint density at radius 1 is 0.933 bits per heavy atom. The Kier molecular flexibility index (Phi) is 5.26. The Morgan fingerprint density at radius 3 is 2.37 bits per heavy atom. The van der Waals surface area contributed by atoms with Crippen molar-refractivity contribution in [2.24, 2.45) is 4.99 Å². The summed E-state index contributed by atoms with van der Waals surface area (Å²) >= 11 is 0. The van der Waals surface area contributed by atoms with Crippen LogP contribution >= 0.6 is 0 Å². The van der Waals surface area contributed by atoms with Crippen LogP contribution in [0.15, 0.2) is 76.6 Å². The van der Waals surface area contributed by atoms with Crippen LogP contribution in [0.1, 0.15) is 29.5 Å². The lowest BCUT2D eigenvalue weighted by Gasteiger charge is -2.26. The summed E-state index contributed by atoms with van der Waals surface area (Å²) in [5.41, 5.74) is 1.28. The van der Waals surface area contributed by atoms with Gasteiger partial charge < -0.3 is 5.32 Å². The highest BCUT2D eigenvalue weighted by atomic mass is 32.2. The van der Waals surface area contributed by atoms with E-state index in [9.17, 15) is 17.2 Å². The average molecular weight is 427 g/mol. The molecule has 0 amide bonds. The molecule has 8 heteroatoms.